The first-order chi connectivity index (χ1) is 16.3. The highest BCUT2D eigenvalue weighted by atomic mass is 19.4. The smallest absolute Gasteiger partial charge is 0.314 e. The molecule has 13 heteroatoms. The van der Waals surface area contributed by atoms with Gasteiger partial charge in [0.1, 0.15) is 11.5 Å². The number of alkyl halides is 3. The number of halogens is 4. The van der Waals surface area contributed by atoms with E-state index >= 15 is 0 Å². The average Bonchev–Trinajstić information content (AvgIpc) is 3.07. The number of rotatable bonds is 7. The maximum atomic E-state index is 13.8. The number of imide groups is 1. The Balaban J connectivity index is 2.05. The summed E-state index contributed by atoms with van der Waals surface area (Å²) in [6, 6.07) is 0.942. The van der Waals surface area contributed by atoms with E-state index < -0.39 is 34.9 Å². The summed E-state index contributed by atoms with van der Waals surface area (Å²) in [6.07, 6.45) is -3.09. The Morgan fingerprint density at radius 1 is 1.26 bits per heavy atom. The zero-order chi connectivity index (χ0) is 26.1. The molecule has 1 aromatic heterocycles. The molecule has 0 saturated heterocycles. The van der Waals surface area contributed by atoms with Gasteiger partial charge in [-0.15, -0.1) is 0 Å². The zero-order valence-corrected chi connectivity index (χ0v) is 20.0. The third kappa shape index (κ3) is 5.05. The topological polar surface area (TPSA) is 86.1 Å². The molecule has 2 aromatic rings. The summed E-state index contributed by atoms with van der Waals surface area (Å²) >= 11 is 0. The highest BCUT2D eigenvalue weighted by Gasteiger charge is 2.45. The Morgan fingerprint density at radius 2 is 1.94 bits per heavy atom. The minimum atomic E-state index is -5.00. The summed E-state index contributed by atoms with van der Waals surface area (Å²) < 4.78 is 55.0. The fourth-order valence-corrected chi connectivity index (χ4v) is 4.08. The fraction of sp³-hybridized carbons (Fsp3) is 0.455. The van der Waals surface area contributed by atoms with Crippen molar-refractivity contribution < 1.29 is 27.2 Å². The molecule has 35 heavy (non-hydrogen) atoms. The Hall–Kier alpha value is -3.32. The van der Waals surface area contributed by atoms with Crippen molar-refractivity contribution in [1.82, 2.24) is 24.9 Å². The lowest BCUT2D eigenvalue weighted by Crippen LogP contribution is -2.61. The number of nitrogens with zero attached hydrogens (tertiary/aromatic N) is 6. The lowest BCUT2D eigenvalue weighted by molar-refractivity contribution is -0.140. The highest BCUT2D eigenvalue weighted by molar-refractivity contribution is 6.06. The van der Waals surface area contributed by atoms with Gasteiger partial charge in [0.25, 0.3) is 0 Å². The van der Waals surface area contributed by atoms with E-state index in [2.05, 4.69) is 15.4 Å². The summed E-state index contributed by atoms with van der Waals surface area (Å²) in [6.45, 7) is 2.88. The van der Waals surface area contributed by atoms with Gasteiger partial charge in [-0.3, -0.25) is 14.4 Å². The molecular formula is C22H27F4N7O2. The van der Waals surface area contributed by atoms with Crippen LogP contribution in [-0.2, 0) is 23.7 Å². The van der Waals surface area contributed by atoms with Gasteiger partial charge in [-0.1, -0.05) is 0 Å². The maximum absolute atomic E-state index is 13.8. The van der Waals surface area contributed by atoms with E-state index in [1.54, 1.807) is 31.9 Å². The molecule has 3 amide bonds. The first-order valence-corrected chi connectivity index (χ1v) is 10.7. The Morgan fingerprint density at radius 3 is 2.54 bits per heavy atom. The van der Waals surface area contributed by atoms with Crippen LogP contribution in [0.4, 0.5) is 33.9 Å². The second-order valence-corrected chi connectivity index (χ2v) is 8.58. The van der Waals surface area contributed by atoms with E-state index in [-0.39, 0.29) is 12.8 Å². The van der Waals surface area contributed by atoms with E-state index in [4.69, 9.17) is 0 Å². The normalized spacial score (nSPS) is 17.6. The van der Waals surface area contributed by atoms with E-state index in [1.165, 1.54) is 0 Å². The summed E-state index contributed by atoms with van der Waals surface area (Å²) in [4.78, 5) is 33.9. The largest absolute Gasteiger partial charge is 0.419 e. The van der Waals surface area contributed by atoms with Crippen LogP contribution in [0.15, 0.2) is 23.2 Å². The summed E-state index contributed by atoms with van der Waals surface area (Å²) in [5.41, 5.74) is -2.00. The number of aliphatic imine (C=N–C) groups is 1. The molecule has 9 nitrogen and oxygen atoms in total. The third-order valence-electron chi connectivity index (χ3n) is 5.91. The first kappa shape index (κ1) is 26.3. The van der Waals surface area contributed by atoms with Crippen molar-refractivity contribution in [1.29, 1.82) is 0 Å². The minimum absolute atomic E-state index is 0.0875. The van der Waals surface area contributed by atoms with Gasteiger partial charge in [0.15, 0.2) is 5.82 Å². The fourth-order valence-electron chi connectivity index (χ4n) is 4.08. The van der Waals surface area contributed by atoms with Crippen LogP contribution in [0.2, 0.25) is 0 Å². The van der Waals surface area contributed by atoms with Gasteiger partial charge in [0.05, 0.1) is 22.5 Å². The van der Waals surface area contributed by atoms with Crippen molar-refractivity contribution in [3.8, 4) is 0 Å². The molecule has 1 N–H and O–H groups in total. The van der Waals surface area contributed by atoms with Crippen LogP contribution in [0.25, 0.3) is 0 Å². The minimum Gasteiger partial charge on any atom is -0.314 e. The molecule has 0 saturated carbocycles. The van der Waals surface area contributed by atoms with Gasteiger partial charge in [-0.05, 0) is 46.3 Å². The number of likely N-dealkylation sites (N-methyl/N-ethyl adjacent to an activating group) is 2. The molecule has 1 aromatic carbocycles. The number of anilines is 1. The number of fused-ring (bicyclic) bond motifs is 1. The summed E-state index contributed by atoms with van der Waals surface area (Å²) in [5.74, 6) is -1.00. The van der Waals surface area contributed by atoms with Crippen LogP contribution in [0, 0.1) is 12.7 Å². The quantitative estimate of drug-likeness (QED) is 0.361. The second kappa shape index (κ2) is 9.74. The molecule has 1 aliphatic heterocycles. The monoisotopic (exact) mass is 497 g/mol. The van der Waals surface area contributed by atoms with Crippen LogP contribution in [0.5, 0.6) is 0 Å². The predicted molar refractivity (Wildman–Crippen MR) is 122 cm³/mol. The molecule has 0 bridgehead atoms. The van der Waals surface area contributed by atoms with E-state index in [0.29, 0.717) is 47.2 Å². The number of aryl methyl sites for hydroxylation is 2. The van der Waals surface area contributed by atoms with E-state index in [9.17, 15) is 27.2 Å². The average molecular weight is 497 g/mol. The van der Waals surface area contributed by atoms with Crippen molar-refractivity contribution in [3.05, 3.63) is 40.8 Å². The number of amides is 3. The van der Waals surface area contributed by atoms with Crippen LogP contribution in [0.3, 0.4) is 0 Å². The van der Waals surface area contributed by atoms with Gasteiger partial charge >= 0.3 is 12.2 Å². The number of hydrogen-bond acceptors (Lipinski definition) is 6. The Bertz CT molecular complexity index is 1150. The number of benzene rings is 1. The molecule has 1 aliphatic rings. The Kier molecular flexibility index (Phi) is 7.31. The number of hydrogen-bond donors (Lipinski definition) is 1. The van der Waals surface area contributed by atoms with Crippen LogP contribution < -0.4 is 10.2 Å². The number of nitrogens with one attached hydrogen (secondary N) is 1. The van der Waals surface area contributed by atoms with Gasteiger partial charge in [-0.2, -0.15) is 18.3 Å². The molecule has 1 atom stereocenters. The molecule has 2 heterocycles. The standard InChI is InChI=1S/C22H27F4N7O2/c1-14-18-19(32(5)29-14)27-9-8-21(18,31(4)11-10-30(2)3)28-20(35)33(13-34)15-6-7-17(23)16(12-15)22(24,25)26/h6-7,9,12-13H,8,10-11H2,1-5H3,(H,28,35). The summed E-state index contributed by atoms with van der Waals surface area (Å²) in [5, 5.41) is 7.24. The van der Waals surface area contributed by atoms with Crippen molar-refractivity contribution in [2.75, 3.05) is 39.1 Å². The van der Waals surface area contributed by atoms with Crippen molar-refractivity contribution in [2.24, 2.45) is 12.0 Å². The number of aromatic nitrogens is 2. The van der Waals surface area contributed by atoms with Crippen LogP contribution >= 0.6 is 0 Å². The Labute approximate surface area is 200 Å². The van der Waals surface area contributed by atoms with Crippen molar-refractivity contribution in [3.63, 3.8) is 0 Å². The molecule has 0 radical (unpaired) electrons. The van der Waals surface area contributed by atoms with Crippen LogP contribution in [0.1, 0.15) is 23.2 Å². The zero-order valence-electron chi connectivity index (χ0n) is 20.0. The lowest BCUT2D eigenvalue weighted by Gasteiger charge is -2.44. The molecule has 0 spiro atoms. The lowest BCUT2D eigenvalue weighted by atomic mass is 9.92. The van der Waals surface area contributed by atoms with E-state index in [0.717, 1.165) is 6.07 Å². The molecule has 190 valence electrons. The van der Waals surface area contributed by atoms with Gasteiger partial charge < -0.3 is 10.2 Å². The first-order valence-electron chi connectivity index (χ1n) is 10.7. The second-order valence-electron chi connectivity index (χ2n) is 8.58. The van der Waals surface area contributed by atoms with Crippen molar-refractivity contribution in [2.45, 2.75) is 25.2 Å². The highest BCUT2D eigenvalue weighted by Crippen LogP contribution is 2.40. The SMILES string of the molecule is Cc1nn(C)c2c1C(NC(=O)N(C=O)c1ccc(F)c(C(F)(F)F)c1)(N(C)CCN(C)C)CC=N2. The third-order valence-corrected chi connectivity index (χ3v) is 5.91. The predicted octanol–water partition coefficient (Wildman–Crippen LogP) is 3.01. The number of urea groups is 1. The van der Waals surface area contributed by atoms with Crippen LogP contribution in [-0.4, -0.2) is 72.5 Å². The number of carbonyl (C=O) groups is 2. The van der Waals surface area contributed by atoms with Crippen molar-refractivity contribution >= 4 is 30.2 Å². The maximum Gasteiger partial charge on any atom is 0.419 e. The van der Waals surface area contributed by atoms with E-state index in [1.807, 2.05) is 23.9 Å². The summed E-state index contributed by atoms with van der Waals surface area (Å²) in [7, 11) is 7.27. The molecule has 3 rings (SSSR count). The molecule has 0 fully saturated rings. The van der Waals surface area contributed by atoms with Gasteiger partial charge in [0, 0.05) is 32.8 Å². The molecular weight excluding hydrogens is 470 g/mol. The molecule has 1 unspecified atom stereocenters. The van der Waals surface area contributed by atoms with Gasteiger partial charge in [0.2, 0.25) is 6.41 Å². The van der Waals surface area contributed by atoms with Gasteiger partial charge in [-0.25, -0.2) is 19.1 Å². The number of carbonyl (C=O) groups excluding carboxylic acids is 2. The molecule has 0 aliphatic carbocycles.